The number of nitrogens with zero attached hydrogens (tertiary/aromatic N) is 1. The van der Waals surface area contributed by atoms with Crippen LogP contribution >= 0.6 is 23.2 Å². The van der Waals surface area contributed by atoms with Gasteiger partial charge in [0, 0.05) is 18.1 Å². The zero-order chi connectivity index (χ0) is 19.7. The number of halogens is 3. The molecule has 0 bridgehead atoms. The van der Waals surface area contributed by atoms with Crippen molar-refractivity contribution in [3.8, 4) is 17.4 Å². The molecule has 0 unspecified atom stereocenters. The van der Waals surface area contributed by atoms with Crippen molar-refractivity contribution in [3.05, 3.63) is 75.7 Å². The summed E-state index contributed by atoms with van der Waals surface area (Å²) >= 11 is 12.0. The lowest BCUT2D eigenvalue weighted by Crippen LogP contribution is -2.14. The lowest BCUT2D eigenvalue weighted by atomic mass is 10.1. The van der Waals surface area contributed by atoms with Crippen molar-refractivity contribution in [3.63, 3.8) is 0 Å². The van der Waals surface area contributed by atoms with E-state index in [1.807, 2.05) is 6.07 Å². The number of carbonyl (C=O) groups is 1. The maximum Gasteiger partial charge on any atom is 0.261 e. The molecule has 1 aliphatic heterocycles. The Labute approximate surface area is 170 Å². The molecule has 1 amide bonds. The number of aromatic nitrogens is 1. The number of benzene rings is 2. The predicted octanol–water partition coefficient (Wildman–Crippen LogP) is 5.51. The molecule has 0 fully saturated rings. The molecule has 0 saturated carbocycles. The van der Waals surface area contributed by atoms with Gasteiger partial charge in [-0.25, -0.2) is 9.37 Å². The van der Waals surface area contributed by atoms with Crippen molar-refractivity contribution in [1.82, 2.24) is 4.98 Å². The molecular weight excluding hydrogens is 406 g/mol. The summed E-state index contributed by atoms with van der Waals surface area (Å²) in [5.74, 6) is 0.0396. The second kappa shape index (κ2) is 7.66. The molecular formula is C20H13Cl2FN2O3. The Kier molecular flexibility index (Phi) is 5.07. The molecule has 3 aromatic rings. The van der Waals surface area contributed by atoms with Gasteiger partial charge < -0.3 is 14.8 Å². The van der Waals surface area contributed by atoms with Crippen molar-refractivity contribution < 1.29 is 18.7 Å². The van der Waals surface area contributed by atoms with Gasteiger partial charge in [0.1, 0.15) is 22.9 Å². The molecule has 2 heterocycles. The van der Waals surface area contributed by atoms with E-state index in [4.69, 9.17) is 32.7 Å². The van der Waals surface area contributed by atoms with Gasteiger partial charge in [0.2, 0.25) is 5.88 Å². The Balaban J connectivity index is 1.61. The predicted molar refractivity (Wildman–Crippen MR) is 104 cm³/mol. The summed E-state index contributed by atoms with van der Waals surface area (Å²) in [6.45, 7) is 0.572. The molecule has 5 nitrogen and oxygen atoms in total. The first kappa shape index (κ1) is 18.5. The van der Waals surface area contributed by atoms with E-state index in [1.54, 1.807) is 18.2 Å². The topological polar surface area (TPSA) is 60.5 Å². The minimum atomic E-state index is -0.564. The lowest BCUT2D eigenvalue weighted by Gasteiger charge is -2.13. The number of amides is 1. The number of fused-ring (bicyclic) bond motifs is 1. The third-order valence-corrected chi connectivity index (χ3v) is 4.72. The Bertz CT molecular complexity index is 1080. The summed E-state index contributed by atoms with van der Waals surface area (Å²) in [7, 11) is 0. The second-order valence-corrected chi connectivity index (χ2v) is 6.85. The molecule has 0 saturated heterocycles. The Hall–Kier alpha value is -2.83. The molecule has 8 heteroatoms. The van der Waals surface area contributed by atoms with Crippen LogP contribution in [0.1, 0.15) is 15.9 Å². The van der Waals surface area contributed by atoms with E-state index in [-0.39, 0.29) is 27.1 Å². The largest absolute Gasteiger partial charge is 0.477 e. The van der Waals surface area contributed by atoms with E-state index in [2.05, 4.69) is 10.3 Å². The highest BCUT2D eigenvalue weighted by Gasteiger charge is 2.20. The third-order valence-electron chi connectivity index (χ3n) is 4.11. The van der Waals surface area contributed by atoms with Crippen LogP contribution in [0.15, 0.2) is 48.7 Å². The minimum absolute atomic E-state index is 0.0861. The zero-order valence-electron chi connectivity index (χ0n) is 14.3. The average Bonchev–Trinajstić information content (AvgIpc) is 3.12. The number of ether oxygens (including phenoxy) is 2. The maximum atomic E-state index is 13.4. The fourth-order valence-electron chi connectivity index (χ4n) is 2.80. The van der Waals surface area contributed by atoms with Gasteiger partial charge in [0.25, 0.3) is 5.91 Å². The highest BCUT2D eigenvalue weighted by atomic mass is 35.5. The minimum Gasteiger partial charge on any atom is -0.477 e. The first-order chi connectivity index (χ1) is 13.5. The molecule has 0 spiro atoms. The molecule has 4 rings (SSSR count). The summed E-state index contributed by atoms with van der Waals surface area (Å²) in [6, 6.07) is 10.5. The van der Waals surface area contributed by atoms with Crippen LogP contribution in [0.25, 0.3) is 0 Å². The highest BCUT2D eigenvalue weighted by Crippen LogP contribution is 2.33. The molecule has 142 valence electrons. The van der Waals surface area contributed by atoms with Gasteiger partial charge in [0.15, 0.2) is 0 Å². The Morgan fingerprint density at radius 2 is 2.04 bits per heavy atom. The quantitative estimate of drug-likeness (QED) is 0.606. The molecule has 1 N–H and O–H groups in total. The van der Waals surface area contributed by atoms with Crippen LogP contribution in [-0.4, -0.2) is 17.5 Å². The second-order valence-electron chi connectivity index (χ2n) is 6.03. The molecule has 0 radical (unpaired) electrons. The maximum absolute atomic E-state index is 13.4. The van der Waals surface area contributed by atoms with Crippen LogP contribution < -0.4 is 14.8 Å². The normalized spacial score (nSPS) is 12.2. The van der Waals surface area contributed by atoms with E-state index in [9.17, 15) is 9.18 Å². The average molecular weight is 419 g/mol. The summed E-state index contributed by atoms with van der Waals surface area (Å²) in [5.41, 5.74) is 1.58. The molecule has 2 aromatic carbocycles. The van der Waals surface area contributed by atoms with Crippen LogP contribution in [0.5, 0.6) is 17.4 Å². The number of hydrogen-bond acceptors (Lipinski definition) is 4. The number of rotatable bonds is 4. The van der Waals surface area contributed by atoms with Gasteiger partial charge in [-0.05, 0) is 30.3 Å². The van der Waals surface area contributed by atoms with Gasteiger partial charge in [-0.1, -0.05) is 29.3 Å². The van der Waals surface area contributed by atoms with Gasteiger partial charge in [0.05, 0.1) is 28.5 Å². The van der Waals surface area contributed by atoms with Gasteiger partial charge in [-0.2, -0.15) is 0 Å². The van der Waals surface area contributed by atoms with Crippen LogP contribution in [0.3, 0.4) is 0 Å². The van der Waals surface area contributed by atoms with E-state index < -0.39 is 11.7 Å². The Morgan fingerprint density at radius 1 is 1.18 bits per heavy atom. The monoisotopic (exact) mass is 418 g/mol. The van der Waals surface area contributed by atoms with Crippen LogP contribution in [-0.2, 0) is 6.42 Å². The number of anilines is 1. The fourth-order valence-corrected chi connectivity index (χ4v) is 3.23. The van der Waals surface area contributed by atoms with Gasteiger partial charge >= 0.3 is 0 Å². The first-order valence-electron chi connectivity index (χ1n) is 8.36. The summed E-state index contributed by atoms with van der Waals surface area (Å²) in [6.07, 6.45) is 2.25. The van der Waals surface area contributed by atoms with E-state index in [0.29, 0.717) is 18.2 Å². The standard InChI is InChI=1S/C20H13Cl2FN2O3/c21-14-2-1-3-17(28-13-4-5-16(23)15(22)9-13)18(14)19(26)25-12-8-11-6-7-27-20(11)24-10-12/h1-5,8-10H,6-7H2,(H,25,26). The molecule has 1 aromatic heterocycles. The molecule has 28 heavy (non-hydrogen) atoms. The number of pyridine rings is 1. The smallest absolute Gasteiger partial charge is 0.261 e. The van der Waals surface area contributed by atoms with Gasteiger partial charge in [-0.3, -0.25) is 4.79 Å². The van der Waals surface area contributed by atoms with E-state index in [0.717, 1.165) is 12.0 Å². The Morgan fingerprint density at radius 3 is 2.86 bits per heavy atom. The van der Waals surface area contributed by atoms with Crippen LogP contribution in [0.2, 0.25) is 10.0 Å². The van der Waals surface area contributed by atoms with Crippen molar-refractivity contribution in [1.29, 1.82) is 0 Å². The van der Waals surface area contributed by atoms with Crippen molar-refractivity contribution in [2.75, 3.05) is 11.9 Å². The van der Waals surface area contributed by atoms with Gasteiger partial charge in [-0.15, -0.1) is 0 Å². The molecule has 0 atom stereocenters. The lowest BCUT2D eigenvalue weighted by molar-refractivity contribution is 0.102. The van der Waals surface area contributed by atoms with Crippen LogP contribution in [0, 0.1) is 5.82 Å². The van der Waals surface area contributed by atoms with E-state index in [1.165, 1.54) is 24.4 Å². The van der Waals surface area contributed by atoms with Crippen molar-refractivity contribution in [2.24, 2.45) is 0 Å². The third kappa shape index (κ3) is 3.74. The van der Waals surface area contributed by atoms with Crippen molar-refractivity contribution >= 4 is 34.8 Å². The number of carbonyl (C=O) groups excluding carboxylic acids is 1. The fraction of sp³-hybridized carbons (Fsp3) is 0.100. The summed E-state index contributed by atoms with van der Waals surface area (Å²) in [4.78, 5) is 17.0. The van der Waals surface area contributed by atoms with Crippen molar-refractivity contribution in [2.45, 2.75) is 6.42 Å². The van der Waals surface area contributed by atoms with Crippen LogP contribution in [0.4, 0.5) is 10.1 Å². The highest BCUT2D eigenvalue weighted by molar-refractivity contribution is 6.35. The summed E-state index contributed by atoms with van der Waals surface area (Å²) in [5, 5.41) is 2.89. The number of hydrogen-bond donors (Lipinski definition) is 1. The molecule has 1 aliphatic rings. The number of nitrogens with one attached hydrogen (secondary N) is 1. The molecule has 0 aliphatic carbocycles. The SMILES string of the molecule is O=C(Nc1cnc2c(c1)CCO2)c1c(Cl)cccc1Oc1ccc(F)c(Cl)c1. The summed E-state index contributed by atoms with van der Waals surface area (Å²) < 4.78 is 24.4. The first-order valence-corrected chi connectivity index (χ1v) is 9.11. The van der Waals surface area contributed by atoms with E-state index >= 15 is 0 Å². The zero-order valence-corrected chi connectivity index (χ0v) is 15.9.